The highest BCUT2D eigenvalue weighted by molar-refractivity contribution is 5.69. The molecule has 5 nitrogen and oxygen atoms in total. The molecule has 1 aliphatic rings. The maximum Gasteiger partial charge on any atom is 0.410 e. The number of amides is 1. The molecule has 0 saturated carbocycles. The number of aliphatic hydroxyl groups excluding tert-OH is 1. The number of hydrogen-bond acceptors (Lipinski definition) is 4. The van der Waals surface area contributed by atoms with Gasteiger partial charge in [0, 0.05) is 7.11 Å². The molecular formula is C12H23NO4. The maximum atomic E-state index is 12.0. The lowest BCUT2D eigenvalue weighted by molar-refractivity contribution is 0.00695. The molecule has 3 atom stereocenters. The third-order valence-corrected chi connectivity index (χ3v) is 2.82. The second kappa shape index (κ2) is 5.23. The molecule has 1 unspecified atom stereocenters. The number of carbonyl (C=O) groups is 1. The molecule has 0 bridgehead atoms. The lowest BCUT2D eigenvalue weighted by Crippen LogP contribution is -2.44. The summed E-state index contributed by atoms with van der Waals surface area (Å²) in [4.78, 5) is 13.5. The Morgan fingerprint density at radius 1 is 1.47 bits per heavy atom. The maximum absolute atomic E-state index is 12.0. The van der Waals surface area contributed by atoms with Crippen LogP contribution < -0.4 is 0 Å². The van der Waals surface area contributed by atoms with Crippen LogP contribution in [0.5, 0.6) is 0 Å². The van der Waals surface area contributed by atoms with Crippen LogP contribution in [0, 0.1) is 0 Å². The number of hydrogen-bond donors (Lipinski definition) is 1. The largest absolute Gasteiger partial charge is 0.444 e. The van der Waals surface area contributed by atoms with Crippen LogP contribution in [-0.2, 0) is 9.47 Å². The van der Waals surface area contributed by atoms with Crippen molar-refractivity contribution in [2.24, 2.45) is 0 Å². The van der Waals surface area contributed by atoms with Crippen molar-refractivity contribution in [3.8, 4) is 0 Å². The first-order valence-corrected chi connectivity index (χ1v) is 5.95. The smallest absolute Gasteiger partial charge is 0.410 e. The first kappa shape index (κ1) is 14.3. The first-order valence-electron chi connectivity index (χ1n) is 5.95. The number of rotatable bonds is 2. The summed E-state index contributed by atoms with van der Waals surface area (Å²) in [6, 6.07) is -0.227. The number of carbonyl (C=O) groups excluding carboxylic acids is 1. The van der Waals surface area contributed by atoms with E-state index in [0.717, 1.165) is 0 Å². The van der Waals surface area contributed by atoms with Crippen LogP contribution >= 0.6 is 0 Å². The zero-order valence-corrected chi connectivity index (χ0v) is 11.3. The van der Waals surface area contributed by atoms with Crippen LogP contribution in [0.4, 0.5) is 4.79 Å². The van der Waals surface area contributed by atoms with Gasteiger partial charge in [0.2, 0.25) is 0 Å². The minimum absolute atomic E-state index is 0.0258. The Hall–Kier alpha value is -0.810. The zero-order chi connectivity index (χ0) is 13.2. The Morgan fingerprint density at radius 2 is 2.06 bits per heavy atom. The molecule has 17 heavy (non-hydrogen) atoms. The molecule has 0 aliphatic carbocycles. The van der Waals surface area contributed by atoms with Crippen LogP contribution in [0.1, 0.15) is 34.1 Å². The predicted molar refractivity (Wildman–Crippen MR) is 63.8 cm³/mol. The SMILES string of the molecule is CO[C@@H]1C[C@@H](C(C)O)N(C(=O)OC(C)(C)C)C1. The first-order chi connectivity index (χ1) is 7.74. The molecule has 1 fully saturated rings. The summed E-state index contributed by atoms with van der Waals surface area (Å²) in [5.74, 6) is 0. The predicted octanol–water partition coefficient (Wildman–Crippen LogP) is 1.39. The summed E-state index contributed by atoms with van der Waals surface area (Å²) in [5, 5.41) is 9.68. The normalized spacial score (nSPS) is 27.1. The fourth-order valence-electron chi connectivity index (χ4n) is 1.98. The molecule has 0 aromatic heterocycles. The summed E-state index contributed by atoms with van der Waals surface area (Å²) in [5.41, 5.74) is -0.522. The molecule has 1 rings (SSSR count). The van der Waals surface area contributed by atoms with Crippen molar-refractivity contribution in [2.75, 3.05) is 13.7 Å². The second-order valence-electron chi connectivity index (χ2n) is 5.53. The van der Waals surface area contributed by atoms with Gasteiger partial charge in [-0.05, 0) is 34.1 Å². The fourth-order valence-corrected chi connectivity index (χ4v) is 1.98. The highest BCUT2D eigenvalue weighted by Crippen LogP contribution is 2.24. The van der Waals surface area contributed by atoms with E-state index >= 15 is 0 Å². The van der Waals surface area contributed by atoms with Crippen LogP contribution in [0.3, 0.4) is 0 Å². The average molecular weight is 245 g/mol. The minimum atomic E-state index is -0.581. The second-order valence-corrected chi connectivity index (χ2v) is 5.53. The van der Waals surface area contributed by atoms with E-state index in [0.29, 0.717) is 13.0 Å². The number of nitrogens with zero attached hydrogens (tertiary/aromatic N) is 1. The standard InChI is InChI=1S/C12H23NO4/c1-8(14)10-6-9(16-5)7-13(10)11(15)17-12(2,3)4/h8-10,14H,6-7H2,1-5H3/t8?,9-,10+/m1/s1. The molecule has 0 radical (unpaired) electrons. The molecule has 1 heterocycles. The van der Waals surface area contributed by atoms with E-state index in [-0.39, 0.29) is 18.2 Å². The van der Waals surface area contributed by atoms with Crippen molar-refractivity contribution in [1.82, 2.24) is 4.90 Å². The van der Waals surface area contributed by atoms with Crippen molar-refractivity contribution in [1.29, 1.82) is 0 Å². The Morgan fingerprint density at radius 3 is 2.47 bits per heavy atom. The van der Waals surface area contributed by atoms with Crippen molar-refractivity contribution in [2.45, 2.75) is 58.0 Å². The lowest BCUT2D eigenvalue weighted by atomic mass is 10.1. The molecule has 1 saturated heterocycles. The molecular weight excluding hydrogens is 222 g/mol. The molecule has 1 N–H and O–H groups in total. The Labute approximate surface area is 103 Å². The van der Waals surface area contributed by atoms with Crippen LogP contribution in [0.25, 0.3) is 0 Å². The molecule has 0 aromatic rings. The number of methoxy groups -OCH3 is 1. The van der Waals surface area contributed by atoms with E-state index in [1.54, 1.807) is 18.9 Å². The zero-order valence-electron chi connectivity index (χ0n) is 11.3. The van der Waals surface area contributed by atoms with Crippen molar-refractivity contribution in [3.05, 3.63) is 0 Å². The summed E-state index contributed by atoms with van der Waals surface area (Å²) >= 11 is 0. The molecule has 5 heteroatoms. The van der Waals surface area contributed by atoms with E-state index < -0.39 is 11.7 Å². The summed E-state index contributed by atoms with van der Waals surface area (Å²) in [6.07, 6.45) is -0.347. The van der Waals surface area contributed by atoms with Gasteiger partial charge in [0.25, 0.3) is 0 Å². The van der Waals surface area contributed by atoms with Crippen LogP contribution in [0.15, 0.2) is 0 Å². The van der Waals surface area contributed by atoms with Gasteiger partial charge >= 0.3 is 6.09 Å². The van der Waals surface area contributed by atoms with Gasteiger partial charge in [-0.1, -0.05) is 0 Å². The quantitative estimate of drug-likeness (QED) is 0.798. The van der Waals surface area contributed by atoms with Crippen LogP contribution in [0.2, 0.25) is 0 Å². The molecule has 1 amide bonds. The third kappa shape index (κ3) is 3.85. The summed E-state index contributed by atoms with van der Waals surface area (Å²) in [7, 11) is 1.61. The monoisotopic (exact) mass is 245 g/mol. The van der Waals surface area contributed by atoms with Crippen molar-refractivity contribution in [3.63, 3.8) is 0 Å². The van der Waals surface area contributed by atoms with E-state index in [1.807, 2.05) is 20.8 Å². The third-order valence-electron chi connectivity index (χ3n) is 2.82. The summed E-state index contributed by atoms with van der Waals surface area (Å²) < 4.78 is 10.6. The average Bonchev–Trinajstić information content (AvgIpc) is 2.58. The van der Waals surface area contributed by atoms with Gasteiger partial charge in [-0.15, -0.1) is 0 Å². The lowest BCUT2D eigenvalue weighted by Gasteiger charge is -2.29. The van der Waals surface area contributed by atoms with E-state index in [1.165, 1.54) is 0 Å². The molecule has 100 valence electrons. The van der Waals surface area contributed by atoms with Gasteiger partial charge in [0.05, 0.1) is 24.8 Å². The van der Waals surface area contributed by atoms with Crippen molar-refractivity contribution < 1.29 is 19.4 Å². The fraction of sp³-hybridized carbons (Fsp3) is 0.917. The van der Waals surface area contributed by atoms with Gasteiger partial charge < -0.3 is 14.6 Å². The van der Waals surface area contributed by atoms with Gasteiger partial charge in [0.15, 0.2) is 0 Å². The number of ether oxygens (including phenoxy) is 2. The summed E-state index contributed by atoms with van der Waals surface area (Å²) in [6.45, 7) is 7.63. The Balaban J connectivity index is 2.70. The van der Waals surface area contributed by atoms with Gasteiger partial charge in [-0.25, -0.2) is 4.79 Å². The van der Waals surface area contributed by atoms with Gasteiger partial charge in [-0.2, -0.15) is 0 Å². The number of likely N-dealkylation sites (tertiary alicyclic amines) is 1. The molecule has 0 aromatic carbocycles. The van der Waals surface area contributed by atoms with Gasteiger partial charge in [0.1, 0.15) is 5.60 Å². The Bertz CT molecular complexity index is 272. The van der Waals surface area contributed by atoms with E-state index in [4.69, 9.17) is 9.47 Å². The highest BCUT2D eigenvalue weighted by Gasteiger charge is 2.39. The Kier molecular flexibility index (Phi) is 4.38. The van der Waals surface area contributed by atoms with Crippen LogP contribution in [-0.4, -0.2) is 53.6 Å². The highest BCUT2D eigenvalue weighted by atomic mass is 16.6. The molecule has 1 aliphatic heterocycles. The van der Waals surface area contributed by atoms with E-state index in [9.17, 15) is 9.90 Å². The van der Waals surface area contributed by atoms with Crippen molar-refractivity contribution >= 4 is 6.09 Å². The topological polar surface area (TPSA) is 59.0 Å². The van der Waals surface area contributed by atoms with Gasteiger partial charge in [-0.3, -0.25) is 4.90 Å². The molecule has 0 spiro atoms. The minimum Gasteiger partial charge on any atom is -0.444 e. The van der Waals surface area contributed by atoms with E-state index in [2.05, 4.69) is 0 Å². The number of aliphatic hydroxyl groups is 1.